The lowest BCUT2D eigenvalue weighted by Crippen LogP contribution is -2.29. The summed E-state index contributed by atoms with van der Waals surface area (Å²) in [5.74, 6) is -1.36. The van der Waals surface area contributed by atoms with Gasteiger partial charge in [-0.15, -0.1) is 0 Å². The van der Waals surface area contributed by atoms with Gasteiger partial charge in [-0.2, -0.15) is 5.10 Å². The van der Waals surface area contributed by atoms with Crippen LogP contribution >= 0.6 is 11.6 Å². The second kappa shape index (κ2) is 11.5. The molecule has 1 unspecified atom stereocenters. The number of aryl methyl sites for hydroxylation is 2. The summed E-state index contributed by atoms with van der Waals surface area (Å²) in [5.41, 5.74) is 4.61. The van der Waals surface area contributed by atoms with Crippen LogP contribution in [0.25, 0.3) is 6.08 Å². The molecule has 2 aromatic carbocycles. The van der Waals surface area contributed by atoms with Crippen molar-refractivity contribution in [1.29, 1.82) is 0 Å². The summed E-state index contributed by atoms with van der Waals surface area (Å²) in [7, 11) is 0. The van der Waals surface area contributed by atoms with Crippen molar-refractivity contribution in [1.82, 2.24) is 9.78 Å². The van der Waals surface area contributed by atoms with Crippen molar-refractivity contribution >= 4 is 46.8 Å². The lowest BCUT2D eigenvalue weighted by atomic mass is 10.1. The Morgan fingerprint density at radius 2 is 1.63 bits per heavy atom. The van der Waals surface area contributed by atoms with Crippen LogP contribution in [0, 0.1) is 13.8 Å². The van der Waals surface area contributed by atoms with Gasteiger partial charge in [0.15, 0.2) is 6.10 Å². The molecule has 3 aromatic rings. The number of hydrogen-bond donors (Lipinski definition) is 2. The van der Waals surface area contributed by atoms with Gasteiger partial charge in [-0.05, 0) is 56.7 Å². The molecule has 3 rings (SSSR count). The molecule has 0 aliphatic heterocycles. The van der Waals surface area contributed by atoms with Crippen LogP contribution < -0.4 is 10.6 Å². The third-order valence-electron chi connectivity index (χ3n) is 5.08. The van der Waals surface area contributed by atoms with E-state index in [1.54, 1.807) is 35.9 Å². The molecule has 0 radical (unpaired) electrons. The van der Waals surface area contributed by atoms with Crippen LogP contribution in [0.5, 0.6) is 0 Å². The number of benzene rings is 2. The van der Waals surface area contributed by atoms with E-state index in [1.807, 2.05) is 31.2 Å². The Hall–Kier alpha value is -3.91. The van der Waals surface area contributed by atoms with E-state index in [-0.39, 0.29) is 5.91 Å². The van der Waals surface area contributed by atoms with Crippen molar-refractivity contribution < 1.29 is 19.1 Å². The number of aromatic nitrogens is 2. The van der Waals surface area contributed by atoms with Crippen molar-refractivity contribution in [2.75, 3.05) is 10.6 Å². The molecule has 1 atom stereocenters. The van der Waals surface area contributed by atoms with Crippen molar-refractivity contribution in [2.24, 2.45) is 0 Å². The Morgan fingerprint density at radius 1 is 1.03 bits per heavy atom. The van der Waals surface area contributed by atoms with Crippen LogP contribution in [-0.4, -0.2) is 33.7 Å². The second-order valence-electron chi connectivity index (χ2n) is 8.09. The Balaban J connectivity index is 1.57. The zero-order valence-electron chi connectivity index (χ0n) is 20.0. The largest absolute Gasteiger partial charge is 0.449 e. The van der Waals surface area contributed by atoms with E-state index in [0.29, 0.717) is 34.3 Å². The first kappa shape index (κ1) is 25.7. The maximum Gasteiger partial charge on any atom is 0.331 e. The molecule has 2 N–H and O–H groups in total. The SMILES string of the molecule is CC(=O)Nc1ccc(NC(=O)C(C)OC(=O)/C=C/c2c(C)nn(Cc3ccc(C)cc3)c2Cl)cc1. The number of anilines is 2. The Kier molecular flexibility index (Phi) is 8.43. The molecule has 0 fully saturated rings. The van der Waals surface area contributed by atoms with E-state index in [9.17, 15) is 14.4 Å². The van der Waals surface area contributed by atoms with Crippen LogP contribution in [0.3, 0.4) is 0 Å². The number of esters is 1. The van der Waals surface area contributed by atoms with E-state index in [2.05, 4.69) is 15.7 Å². The molecule has 0 aliphatic carbocycles. The monoisotopic (exact) mass is 494 g/mol. The van der Waals surface area contributed by atoms with Crippen molar-refractivity contribution in [3.05, 3.63) is 82.1 Å². The van der Waals surface area contributed by atoms with Gasteiger partial charge in [0.05, 0.1) is 12.2 Å². The van der Waals surface area contributed by atoms with Gasteiger partial charge in [0.1, 0.15) is 5.15 Å². The number of amides is 2. The molecule has 0 saturated heterocycles. The van der Waals surface area contributed by atoms with Crippen LogP contribution in [0.15, 0.2) is 54.6 Å². The van der Waals surface area contributed by atoms with Gasteiger partial charge >= 0.3 is 5.97 Å². The van der Waals surface area contributed by atoms with Gasteiger partial charge in [0.25, 0.3) is 5.91 Å². The fraction of sp³-hybridized carbons (Fsp3) is 0.231. The minimum atomic E-state index is -1.02. The lowest BCUT2D eigenvalue weighted by Gasteiger charge is -2.12. The first-order chi connectivity index (χ1) is 16.6. The average molecular weight is 495 g/mol. The summed E-state index contributed by atoms with van der Waals surface area (Å²) >= 11 is 6.49. The van der Waals surface area contributed by atoms with Gasteiger partial charge < -0.3 is 15.4 Å². The van der Waals surface area contributed by atoms with E-state index in [1.165, 1.54) is 31.6 Å². The summed E-state index contributed by atoms with van der Waals surface area (Å²) < 4.78 is 6.88. The van der Waals surface area contributed by atoms with Crippen molar-refractivity contribution in [3.63, 3.8) is 0 Å². The zero-order chi connectivity index (χ0) is 25.5. The van der Waals surface area contributed by atoms with Gasteiger partial charge in [-0.1, -0.05) is 41.4 Å². The minimum Gasteiger partial charge on any atom is -0.449 e. The van der Waals surface area contributed by atoms with Crippen LogP contribution in [0.4, 0.5) is 11.4 Å². The summed E-state index contributed by atoms with van der Waals surface area (Å²) in [5, 5.41) is 10.2. The highest BCUT2D eigenvalue weighted by Crippen LogP contribution is 2.22. The highest BCUT2D eigenvalue weighted by atomic mass is 35.5. The topological polar surface area (TPSA) is 102 Å². The number of halogens is 1. The summed E-state index contributed by atoms with van der Waals surface area (Å²) in [6.07, 6.45) is 1.73. The number of nitrogens with one attached hydrogen (secondary N) is 2. The molecule has 0 aliphatic rings. The lowest BCUT2D eigenvalue weighted by molar-refractivity contribution is -0.148. The van der Waals surface area contributed by atoms with E-state index < -0.39 is 18.0 Å². The second-order valence-corrected chi connectivity index (χ2v) is 8.45. The van der Waals surface area contributed by atoms with Gasteiger partial charge in [0, 0.05) is 29.9 Å². The van der Waals surface area contributed by atoms with Crippen molar-refractivity contribution in [3.8, 4) is 0 Å². The normalized spacial score (nSPS) is 11.8. The van der Waals surface area contributed by atoms with Gasteiger partial charge in [0.2, 0.25) is 5.91 Å². The molecule has 0 saturated carbocycles. The molecule has 0 bridgehead atoms. The number of rotatable bonds is 8. The fourth-order valence-electron chi connectivity index (χ4n) is 3.23. The highest BCUT2D eigenvalue weighted by Gasteiger charge is 2.17. The fourth-order valence-corrected chi connectivity index (χ4v) is 3.53. The molecule has 35 heavy (non-hydrogen) atoms. The van der Waals surface area contributed by atoms with E-state index in [0.717, 1.165) is 5.56 Å². The average Bonchev–Trinajstić information content (AvgIpc) is 3.07. The van der Waals surface area contributed by atoms with Crippen LogP contribution in [-0.2, 0) is 25.7 Å². The quantitative estimate of drug-likeness (QED) is 0.347. The molecule has 182 valence electrons. The molecular weight excluding hydrogens is 468 g/mol. The van der Waals surface area contributed by atoms with E-state index >= 15 is 0 Å². The molecule has 9 heteroatoms. The number of nitrogens with zero attached hydrogens (tertiary/aromatic N) is 2. The number of hydrogen-bond acceptors (Lipinski definition) is 5. The predicted octanol–water partition coefficient (Wildman–Crippen LogP) is 4.74. The molecule has 1 aromatic heterocycles. The number of ether oxygens (including phenoxy) is 1. The first-order valence-corrected chi connectivity index (χ1v) is 11.4. The molecule has 2 amide bonds. The predicted molar refractivity (Wildman–Crippen MR) is 136 cm³/mol. The van der Waals surface area contributed by atoms with Gasteiger partial charge in [-0.3, -0.25) is 9.59 Å². The standard InChI is InChI=1S/C26H27ClN4O4/c1-16-5-7-20(8-6-16)15-31-25(27)23(17(2)30-31)13-14-24(33)35-18(3)26(34)29-22-11-9-21(10-12-22)28-19(4)32/h5-14,18H,15H2,1-4H3,(H,28,32)(H,29,34)/b14-13+. The van der Waals surface area contributed by atoms with Crippen molar-refractivity contribution in [2.45, 2.75) is 40.3 Å². The van der Waals surface area contributed by atoms with Gasteiger partial charge in [-0.25, -0.2) is 9.48 Å². The zero-order valence-corrected chi connectivity index (χ0v) is 20.7. The molecule has 1 heterocycles. The highest BCUT2D eigenvalue weighted by molar-refractivity contribution is 6.31. The third kappa shape index (κ3) is 7.28. The molecule has 8 nitrogen and oxygen atoms in total. The Bertz CT molecular complexity index is 1250. The third-order valence-corrected chi connectivity index (χ3v) is 5.48. The summed E-state index contributed by atoms with van der Waals surface area (Å²) in [6.45, 7) is 7.21. The maximum atomic E-state index is 12.4. The summed E-state index contributed by atoms with van der Waals surface area (Å²) in [6, 6.07) is 14.7. The maximum absolute atomic E-state index is 12.4. The molecular formula is C26H27ClN4O4. The Labute approximate surface area is 208 Å². The minimum absolute atomic E-state index is 0.189. The summed E-state index contributed by atoms with van der Waals surface area (Å²) in [4.78, 5) is 35.7. The first-order valence-electron chi connectivity index (χ1n) is 11.0. The van der Waals surface area contributed by atoms with Crippen LogP contribution in [0.2, 0.25) is 5.15 Å². The smallest absolute Gasteiger partial charge is 0.331 e. The Morgan fingerprint density at radius 3 is 2.23 bits per heavy atom. The number of carbonyl (C=O) groups excluding carboxylic acids is 3. The van der Waals surface area contributed by atoms with Crippen LogP contribution in [0.1, 0.15) is 36.2 Å². The molecule has 0 spiro atoms. The van der Waals surface area contributed by atoms with E-state index in [4.69, 9.17) is 16.3 Å². The number of carbonyl (C=O) groups is 3.